The third kappa shape index (κ3) is 7.16. The molecule has 0 rings (SSSR count). The van der Waals surface area contributed by atoms with Gasteiger partial charge in [-0.3, -0.25) is 4.79 Å². The summed E-state index contributed by atoms with van der Waals surface area (Å²) in [5.41, 5.74) is 0. The van der Waals surface area contributed by atoms with Crippen LogP contribution in [0.4, 0.5) is 0 Å². The molecule has 3 heteroatoms. The number of hydrogen-bond donors (Lipinski definition) is 1. The molecule has 0 fully saturated rings. The minimum absolute atomic E-state index is 0.0338. The molecule has 0 heterocycles. The summed E-state index contributed by atoms with van der Waals surface area (Å²) in [4.78, 5) is 11.4. The van der Waals surface area contributed by atoms with Crippen LogP contribution in [0.25, 0.3) is 0 Å². The zero-order chi connectivity index (χ0) is 10.3. The van der Waals surface area contributed by atoms with Gasteiger partial charge in [-0.25, -0.2) is 0 Å². The van der Waals surface area contributed by atoms with Gasteiger partial charge in [-0.1, -0.05) is 13.8 Å². The number of carbonyl (C=O) groups excluding carboxylic acids is 1. The predicted molar refractivity (Wildman–Crippen MR) is 61.0 cm³/mol. The number of likely N-dealkylation sites (N-methyl/N-ethyl adjacent to an activating group) is 1. The van der Waals surface area contributed by atoms with Crippen molar-refractivity contribution in [1.29, 1.82) is 0 Å². The highest BCUT2D eigenvalue weighted by Crippen LogP contribution is 2.15. The third-order valence-corrected chi connectivity index (χ3v) is 3.35. The van der Waals surface area contributed by atoms with Crippen LogP contribution in [0.1, 0.15) is 27.2 Å². The Morgan fingerprint density at radius 1 is 1.38 bits per heavy atom. The normalized spacial score (nSPS) is 14.2. The quantitative estimate of drug-likeness (QED) is 0.505. The molecule has 0 aliphatic rings. The molecule has 0 aliphatic heterocycles. The van der Waals surface area contributed by atoms with Crippen LogP contribution < -0.4 is 5.32 Å². The Balaban J connectivity index is 3.37. The Morgan fingerprint density at radius 2 is 2.00 bits per heavy atom. The number of Topliss-reactive ketones (excluding diaryl/α,β-unsaturated/α-hetero) is 1. The highest BCUT2D eigenvalue weighted by atomic mass is 31.1. The fourth-order valence-electron chi connectivity index (χ4n) is 0.916. The fourth-order valence-corrected chi connectivity index (χ4v) is 2.43. The molecule has 13 heavy (non-hydrogen) atoms. The topological polar surface area (TPSA) is 29.1 Å². The van der Waals surface area contributed by atoms with Crippen LogP contribution in [0.5, 0.6) is 0 Å². The second-order valence-electron chi connectivity index (χ2n) is 3.84. The second-order valence-corrected chi connectivity index (χ2v) is 5.19. The van der Waals surface area contributed by atoms with Gasteiger partial charge in [-0.2, -0.15) is 0 Å². The van der Waals surface area contributed by atoms with E-state index < -0.39 is 0 Å². The highest BCUT2D eigenvalue weighted by Gasteiger charge is 2.08. The zero-order valence-electron chi connectivity index (χ0n) is 9.18. The first-order chi connectivity index (χ1) is 6.07. The first kappa shape index (κ1) is 13.1. The van der Waals surface area contributed by atoms with E-state index >= 15 is 0 Å². The van der Waals surface area contributed by atoms with Crippen molar-refractivity contribution >= 4 is 14.4 Å². The molecule has 0 aromatic carbocycles. The van der Waals surface area contributed by atoms with E-state index in [9.17, 15) is 4.79 Å². The average Bonchev–Trinajstić information content (AvgIpc) is 2.10. The summed E-state index contributed by atoms with van der Waals surface area (Å²) < 4.78 is 0. The van der Waals surface area contributed by atoms with Gasteiger partial charge < -0.3 is 5.32 Å². The standard InChI is InChI=1S/C10H22NOP/c1-8(2)5-6-13-7-10(12)9(3)11-4/h8-9,11,13H,5-7H2,1-4H3/t9-/m0/s1. The molecule has 0 spiro atoms. The van der Waals surface area contributed by atoms with Gasteiger partial charge in [0.05, 0.1) is 6.04 Å². The van der Waals surface area contributed by atoms with Crippen molar-refractivity contribution in [3.8, 4) is 0 Å². The van der Waals surface area contributed by atoms with E-state index in [0.717, 1.165) is 20.7 Å². The Hall–Kier alpha value is 0.0600. The summed E-state index contributed by atoms with van der Waals surface area (Å²) in [5.74, 6) is 1.12. The molecule has 0 aliphatic carbocycles. The van der Waals surface area contributed by atoms with Crippen LogP contribution in [0.15, 0.2) is 0 Å². The largest absolute Gasteiger partial charge is 0.311 e. The van der Waals surface area contributed by atoms with Gasteiger partial charge in [0, 0.05) is 6.16 Å². The first-order valence-corrected chi connectivity index (χ1v) is 6.40. The smallest absolute Gasteiger partial charge is 0.153 e. The molecule has 1 N–H and O–H groups in total. The maximum Gasteiger partial charge on any atom is 0.153 e. The lowest BCUT2D eigenvalue weighted by atomic mass is 10.2. The van der Waals surface area contributed by atoms with Crippen LogP contribution >= 0.6 is 8.58 Å². The average molecular weight is 203 g/mol. The van der Waals surface area contributed by atoms with E-state index in [1.807, 2.05) is 14.0 Å². The van der Waals surface area contributed by atoms with Crippen molar-refractivity contribution in [3.63, 3.8) is 0 Å². The summed E-state index contributed by atoms with van der Waals surface area (Å²) in [5, 5.41) is 2.97. The minimum atomic E-state index is 0.0338. The van der Waals surface area contributed by atoms with Crippen LogP contribution in [-0.4, -0.2) is 31.2 Å². The Morgan fingerprint density at radius 3 is 2.46 bits per heavy atom. The Bertz CT molecular complexity index is 148. The maximum absolute atomic E-state index is 11.4. The predicted octanol–water partition coefficient (Wildman–Crippen LogP) is 1.89. The number of carbonyl (C=O) groups is 1. The molecule has 2 atom stereocenters. The third-order valence-electron chi connectivity index (χ3n) is 2.11. The minimum Gasteiger partial charge on any atom is -0.311 e. The highest BCUT2D eigenvalue weighted by molar-refractivity contribution is 7.39. The molecular formula is C10H22NOP. The number of hydrogen-bond acceptors (Lipinski definition) is 2. The van der Waals surface area contributed by atoms with Gasteiger partial charge in [-0.05, 0) is 32.5 Å². The van der Waals surface area contributed by atoms with Gasteiger partial charge in [0.1, 0.15) is 0 Å². The van der Waals surface area contributed by atoms with Gasteiger partial charge in [-0.15, -0.1) is 8.58 Å². The number of ketones is 1. The first-order valence-electron chi connectivity index (χ1n) is 4.98. The molecule has 0 bridgehead atoms. The van der Waals surface area contributed by atoms with Gasteiger partial charge in [0.25, 0.3) is 0 Å². The molecule has 1 unspecified atom stereocenters. The lowest BCUT2D eigenvalue weighted by molar-refractivity contribution is -0.118. The van der Waals surface area contributed by atoms with Crippen LogP contribution in [0.3, 0.4) is 0 Å². The van der Waals surface area contributed by atoms with E-state index in [-0.39, 0.29) is 6.04 Å². The van der Waals surface area contributed by atoms with E-state index in [1.165, 1.54) is 12.6 Å². The molecule has 0 aromatic heterocycles. The molecule has 0 aromatic rings. The molecule has 0 saturated carbocycles. The van der Waals surface area contributed by atoms with Gasteiger partial charge in [0.2, 0.25) is 0 Å². The van der Waals surface area contributed by atoms with E-state index in [1.54, 1.807) is 0 Å². The van der Waals surface area contributed by atoms with Crippen LogP contribution in [0.2, 0.25) is 0 Å². The second kappa shape index (κ2) is 7.46. The maximum atomic E-state index is 11.4. The summed E-state index contributed by atoms with van der Waals surface area (Å²) in [6.45, 7) is 6.38. The van der Waals surface area contributed by atoms with Gasteiger partial charge in [0.15, 0.2) is 5.78 Å². The molecule has 78 valence electrons. The molecule has 0 saturated heterocycles. The zero-order valence-corrected chi connectivity index (χ0v) is 10.2. The van der Waals surface area contributed by atoms with E-state index in [4.69, 9.17) is 0 Å². The fraction of sp³-hybridized carbons (Fsp3) is 0.900. The lowest BCUT2D eigenvalue weighted by Crippen LogP contribution is -2.31. The van der Waals surface area contributed by atoms with Crippen molar-refractivity contribution < 1.29 is 4.79 Å². The lowest BCUT2D eigenvalue weighted by Gasteiger charge is -2.09. The molecule has 2 nitrogen and oxygen atoms in total. The van der Waals surface area contributed by atoms with Crippen molar-refractivity contribution in [1.82, 2.24) is 5.32 Å². The van der Waals surface area contributed by atoms with Crippen molar-refractivity contribution in [2.24, 2.45) is 5.92 Å². The number of nitrogens with one attached hydrogen (secondary N) is 1. The molecular weight excluding hydrogens is 181 g/mol. The summed E-state index contributed by atoms with van der Waals surface area (Å²) in [7, 11) is 2.64. The summed E-state index contributed by atoms with van der Waals surface area (Å²) >= 11 is 0. The van der Waals surface area contributed by atoms with Crippen molar-refractivity contribution in [3.05, 3.63) is 0 Å². The Labute approximate surface area is 83.6 Å². The van der Waals surface area contributed by atoms with Crippen LogP contribution in [-0.2, 0) is 4.79 Å². The molecule has 0 amide bonds. The summed E-state index contributed by atoms with van der Waals surface area (Å²) in [6.07, 6.45) is 3.22. The van der Waals surface area contributed by atoms with Crippen LogP contribution in [0, 0.1) is 5.92 Å². The van der Waals surface area contributed by atoms with Gasteiger partial charge >= 0.3 is 0 Å². The van der Waals surface area contributed by atoms with E-state index in [2.05, 4.69) is 19.2 Å². The Kier molecular flexibility index (Phi) is 7.50. The SMILES string of the molecule is CN[C@@H](C)C(=O)CPCCC(C)C. The number of rotatable bonds is 7. The monoisotopic (exact) mass is 203 g/mol. The molecule has 0 radical (unpaired) electrons. The van der Waals surface area contributed by atoms with Crippen molar-refractivity contribution in [2.75, 3.05) is 19.4 Å². The van der Waals surface area contributed by atoms with E-state index in [0.29, 0.717) is 5.78 Å². The summed E-state index contributed by atoms with van der Waals surface area (Å²) in [6, 6.07) is 0.0338. The van der Waals surface area contributed by atoms with Crippen molar-refractivity contribution in [2.45, 2.75) is 33.2 Å².